The first-order chi connectivity index (χ1) is 10.0. The highest BCUT2D eigenvalue weighted by Gasteiger charge is 2.57. The summed E-state index contributed by atoms with van der Waals surface area (Å²) >= 11 is 4.40. The monoisotopic (exact) mass is 304 g/mol. The van der Waals surface area contributed by atoms with Gasteiger partial charge in [0.25, 0.3) is 0 Å². The standard InChI is InChI=1S/C17H14F2OS/c1-11(10-12-2-6-14(18)7-3-12)17(16(21)20-17)13-4-8-15(19)9-5-13/h2-10,16,21H,1H3. The molecule has 2 atom stereocenters. The van der Waals surface area contributed by atoms with Crippen LogP contribution in [0.15, 0.2) is 54.1 Å². The molecule has 0 spiro atoms. The molecule has 0 amide bonds. The van der Waals surface area contributed by atoms with Crippen LogP contribution in [0.4, 0.5) is 8.78 Å². The van der Waals surface area contributed by atoms with Gasteiger partial charge in [0.05, 0.1) is 0 Å². The van der Waals surface area contributed by atoms with Crippen molar-refractivity contribution in [1.82, 2.24) is 0 Å². The van der Waals surface area contributed by atoms with Crippen LogP contribution in [0, 0.1) is 11.6 Å². The Morgan fingerprint density at radius 2 is 1.52 bits per heavy atom. The molecule has 2 unspecified atom stereocenters. The van der Waals surface area contributed by atoms with Crippen molar-refractivity contribution in [2.24, 2.45) is 0 Å². The van der Waals surface area contributed by atoms with Gasteiger partial charge in [-0.25, -0.2) is 8.78 Å². The lowest BCUT2D eigenvalue weighted by Gasteiger charge is -2.14. The SMILES string of the molecule is CC(=Cc1ccc(F)cc1)C1(c2ccc(F)cc2)OC1S. The number of hydrogen-bond acceptors (Lipinski definition) is 2. The second-order valence-corrected chi connectivity index (χ2v) is 5.56. The Kier molecular flexibility index (Phi) is 3.59. The Morgan fingerprint density at radius 1 is 1.05 bits per heavy atom. The van der Waals surface area contributed by atoms with Crippen molar-refractivity contribution in [2.45, 2.75) is 18.0 Å². The van der Waals surface area contributed by atoms with Gasteiger partial charge < -0.3 is 4.74 Å². The van der Waals surface area contributed by atoms with E-state index in [1.54, 1.807) is 24.3 Å². The molecule has 1 nitrogen and oxygen atoms in total. The lowest BCUT2D eigenvalue weighted by Crippen LogP contribution is -2.12. The number of benzene rings is 2. The van der Waals surface area contributed by atoms with E-state index in [2.05, 4.69) is 12.6 Å². The van der Waals surface area contributed by atoms with Gasteiger partial charge in [-0.1, -0.05) is 30.3 Å². The van der Waals surface area contributed by atoms with Gasteiger partial charge in [0.15, 0.2) is 5.60 Å². The average Bonchev–Trinajstić information content (AvgIpc) is 3.15. The van der Waals surface area contributed by atoms with Crippen LogP contribution in [0.2, 0.25) is 0 Å². The topological polar surface area (TPSA) is 12.5 Å². The molecule has 0 bridgehead atoms. The van der Waals surface area contributed by atoms with Crippen LogP contribution in [-0.4, -0.2) is 5.44 Å². The van der Waals surface area contributed by atoms with E-state index in [0.717, 1.165) is 16.7 Å². The van der Waals surface area contributed by atoms with Crippen molar-refractivity contribution in [1.29, 1.82) is 0 Å². The highest BCUT2D eigenvalue weighted by molar-refractivity contribution is 7.81. The number of rotatable bonds is 3. The van der Waals surface area contributed by atoms with Crippen molar-refractivity contribution >= 4 is 18.7 Å². The number of ether oxygens (including phenoxy) is 1. The molecule has 0 aliphatic carbocycles. The van der Waals surface area contributed by atoms with Crippen molar-refractivity contribution < 1.29 is 13.5 Å². The Morgan fingerprint density at radius 3 is 2.00 bits per heavy atom. The smallest absolute Gasteiger partial charge is 0.151 e. The third-order valence-electron chi connectivity index (χ3n) is 3.70. The van der Waals surface area contributed by atoms with Crippen LogP contribution < -0.4 is 0 Å². The summed E-state index contributed by atoms with van der Waals surface area (Å²) in [4.78, 5) is 0. The molecule has 0 radical (unpaired) electrons. The van der Waals surface area contributed by atoms with E-state index in [9.17, 15) is 8.78 Å². The van der Waals surface area contributed by atoms with Crippen molar-refractivity contribution in [3.05, 3.63) is 76.9 Å². The number of epoxide rings is 1. The maximum absolute atomic E-state index is 13.1. The van der Waals surface area contributed by atoms with Gasteiger partial charge in [-0.05, 0) is 47.9 Å². The van der Waals surface area contributed by atoms with Gasteiger partial charge in [-0.3, -0.25) is 0 Å². The first-order valence-corrected chi connectivity index (χ1v) is 7.10. The number of thiol groups is 1. The van der Waals surface area contributed by atoms with Gasteiger partial charge in [-0.2, -0.15) is 0 Å². The van der Waals surface area contributed by atoms with Crippen molar-refractivity contribution in [3.8, 4) is 0 Å². The largest absolute Gasteiger partial charge is 0.345 e. The lowest BCUT2D eigenvalue weighted by molar-refractivity contribution is 0.341. The van der Waals surface area contributed by atoms with Gasteiger partial charge >= 0.3 is 0 Å². The molecule has 1 aliphatic heterocycles. The van der Waals surface area contributed by atoms with Crippen LogP contribution in [-0.2, 0) is 10.3 Å². The predicted molar refractivity (Wildman–Crippen MR) is 82.0 cm³/mol. The van der Waals surface area contributed by atoms with E-state index in [0.29, 0.717) is 0 Å². The summed E-state index contributed by atoms with van der Waals surface area (Å²) in [6, 6.07) is 12.4. The third kappa shape index (κ3) is 2.61. The Labute approximate surface area is 127 Å². The van der Waals surface area contributed by atoms with E-state index >= 15 is 0 Å². The minimum atomic E-state index is -0.634. The number of hydrogen-bond donors (Lipinski definition) is 1. The summed E-state index contributed by atoms with van der Waals surface area (Å²) in [5.41, 5.74) is 1.79. The van der Waals surface area contributed by atoms with Gasteiger partial charge in [-0.15, -0.1) is 12.6 Å². The van der Waals surface area contributed by atoms with Crippen LogP contribution in [0.5, 0.6) is 0 Å². The minimum absolute atomic E-state index is 0.264. The fourth-order valence-corrected chi connectivity index (χ4v) is 3.00. The van der Waals surface area contributed by atoms with Crippen LogP contribution in [0.3, 0.4) is 0 Å². The third-order valence-corrected chi connectivity index (χ3v) is 4.17. The number of halogens is 2. The fourth-order valence-electron chi connectivity index (χ4n) is 2.48. The second-order valence-electron chi connectivity index (χ2n) is 5.09. The van der Waals surface area contributed by atoms with Crippen molar-refractivity contribution in [2.75, 3.05) is 0 Å². The second kappa shape index (κ2) is 5.28. The van der Waals surface area contributed by atoms with E-state index in [1.807, 2.05) is 13.0 Å². The molecule has 108 valence electrons. The molecule has 1 saturated heterocycles. The first-order valence-electron chi connectivity index (χ1n) is 6.58. The highest BCUT2D eigenvalue weighted by atomic mass is 32.1. The minimum Gasteiger partial charge on any atom is -0.345 e. The summed E-state index contributed by atoms with van der Waals surface area (Å²) in [6.07, 6.45) is 1.93. The molecule has 1 heterocycles. The van der Waals surface area contributed by atoms with Crippen LogP contribution >= 0.6 is 12.6 Å². The zero-order chi connectivity index (χ0) is 15.0. The molecule has 0 aromatic heterocycles. The molecule has 4 heteroatoms. The molecule has 21 heavy (non-hydrogen) atoms. The molecule has 0 N–H and O–H groups in total. The summed E-state index contributed by atoms with van der Waals surface area (Å²) in [5.74, 6) is -0.557. The molecule has 2 aromatic rings. The van der Waals surface area contributed by atoms with E-state index in [-0.39, 0.29) is 17.1 Å². The quantitative estimate of drug-likeness (QED) is 0.648. The summed E-state index contributed by atoms with van der Waals surface area (Å²) in [7, 11) is 0. The Bertz CT molecular complexity index is 679. The van der Waals surface area contributed by atoms with Crippen molar-refractivity contribution in [3.63, 3.8) is 0 Å². The van der Waals surface area contributed by atoms with Crippen LogP contribution in [0.25, 0.3) is 6.08 Å². The molecule has 0 saturated carbocycles. The molecule has 3 rings (SSSR count). The van der Waals surface area contributed by atoms with Gasteiger partial charge in [0.2, 0.25) is 0 Å². The van der Waals surface area contributed by atoms with E-state index in [1.165, 1.54) is 24.3 Å². The Balaban J connectivity index is 1.96. The van der Waals surface area contributed by atoms with Gasteiger partial charge in [0, 0.05) is 0 Å². The zero-order valence-electron chi connectivity index (χ0n) is 11.4. The fraction of sp³-hybridized carbons (Fsp3) is 0.176. The predicted octanol–water partition coefficient (Wildman–Crippen LogP) is 4.55. The molecule has 2 aromatic carbocycles. The maximum Gasteiger partial charge on any atom is 0.151 e. The first kappa shape index (κ1) is 14.3. The summed E-state index contributed by atoms with van der Waals surface area (Å²) in [6.45, 7) is 1.93. The molecule has 1 fully saturated rings. The zero-order valence-corrected chi connectivity index (χ0v) is 12.3. The lowest BCUT2D eigenvalue weighted by atomic mass is 9.91. The summed E-state index contributed by atoms with van der Waals surface area (Å²) < 4.78 is 31.7. The molecule has 1 aliphatic rings. The molecular formula is C17H14F2OS. The highest BCUT2D eigenvalue weighted by Crippen LogP contribution is 2.54. The van der Waals surface area contributed by atoms with Crippen LogP contribution in [0.1, 0.15) is 18.1 Å². The average molecular weight is 304 g/mol. The summed E-state index contributed by atoms with van der Waals surface area (Å²) in [5, 5.41) is 0. The molecular weight excluding hydrogens is 290 g/mol. The van der Waals surface area contributed by atoms with E-state index in [4.69, 9.17) is 4.74 Å². The van der Waals surface area contributed by atoms with E-state index < -0.39 is 5.60 Å². The Hall–Kier alpha value is -1.65. The normalized spacial score (nSPS) is 25.0. The maximum atomic E-state index is 13.1. The van der Waals surface area contributed by atoms with Gasteiger partial charge in [0.1, 0.15) is 17.1 Å².